The summed E-state index contributed by atoms with van der Waals surface area (Å²) in [6, 6.07) is 22.7. The summed E-state index contributed by atoms with van der Waals surface area (Å²) in [5.74, 6) is 0. The van der Waals surface area contributed by atoms with Crippen LogP contribution in [0.2, 0.25) is 0 Å². The number of halogens is 1. The number of fused-ring (bicyclic) bond motifs is 6. The number of thioether (sulfide) groups is 1. The van der Waals surface area contributed by atoms with Crippen LogP contribution < -0.4 is 6.54 Å². The summed E-state index contributed by atoms with van der Waals surface area (Å²) in [6.45, 7) is 0. The molecule has 0 aromatic heterocycles. The van der Waals surface area contributed by atoms with Gasteiger partial charge in [0.05, 0.1) is 0 Å². The normalized spacial score (nSPS) is 19.7. The molecule has 0 saturated heterocycles. The zero-order valence-corrected chi connectivity index (χ0v) is 19.6. The molecule has 0 bridgehead atoms. The SMILES string of the molecule is BrC1=C2SC3=C2[C@H](O1)c1ccc[c]([Zr][c]2cccc4c2Cc2ccccc2-4)c13. The molecule has 0 saturated carbocycles. The summed E-state index contributed by atoms with van der Waals surface area (Å²) in [5, 5.41) is 0. The van der Waals surface area contributed by atoms with Crippen molar-refractivity contribution in [2.75, 3.05) is 0 Å². The molecular formula is C24H13BrOSZr. The topological polar surface area (TPSA) is 9.23 Å². The van der Waals surface area contributed by atoms with Gasteiger partial charge in [-0.05, 0) is 0 Å². The Morgan fingerprint density at radius 2 is 1.71 bits per heavy atom. The van der Waals surface area contributed by atoms with Gasteiger partial charge in [-0.2, -0.15) is 0 Å². The van der Waals surface area contributed by atoms with Crippen LogP contribution in [-0.4, -0.2) is 0 Å². The van der Waals surface area contributed by atoms with E-state index in [9.17, 15) is 0 Å². The Morgan fingerprint density at radius 1 is 0.893 bits per heavy atom. The Labute approximate surface area is 187 Å². The molecule has 4 aliphatic rings. The van der Waals surface area contributed by atoms with Crippen molar-refractivity contribution in [1.82, 2.24) is 0 Å². The molecule has 0 radical (unpaired) electrons. The van der Waals surface area contributed by atoms with Crippen molar-refractivity contribution in [3.8, 4) is 11.1 Å². The molecular weight excluding hydrogens is 507 g/mol. The Kier molecular flexibility index (Phi) is 3.43. The zero-order valence-electron chi connectivity index (χ0n) is 14.8. The van der Waals surface area contributed by atoms with Crippen molar-refractivity contribution in [1.29, 1.82) is 0 Å². The van der Waals surface area contributed by atoms with E-state index in [0.717, 1.165) is 11.1 Å². The van der Waals surface area contributed by atoms with E-state index >= 15 is 0 Å². The van der Waals surface area contributed by atoms with Crippen molar-refractivity contribution in [3.63, 3.8) is 0 Å². The standard InChI is InChI=1S/C13H9.C11H4BrOS.Zr/c1-3-7-12-10(5-1)9-11-6-2-4-8-13(11)12;12-11-10-7-8(13-11)5-3-1-2-4-6(5)9(7)14-10;/h1-5,7-8H,9H2;1-3,8H;/t;8-;/m.1./s1. The molecule has 7 rings (SSSR count). The molecule has 28 heavy (non-hydrogen) atoms. The molecule has 0 spiro atoms. The summed E-state index contributed by atoms with van der Waals surface area (Å²) >= 11 is 4.55. The molecule has 0 fully saturated rings. The van der Waals surface area contributed by atoms with Gasteiger partial charge in [-0.1, -0.05) is 0 Å². The number of rotatable bonds is 2. The molecule has 3 aromatic rings. The van der Waals surface area contributed by atoms with Crippen LogP contribution in [0, 0.1) is 0 Å². The van der Waals surface area contributed by atoms with Crippen LogP contribution in [-0.2, 0) is 34.4 Å². The Morgan fingerprint density at radius 3 is 2.68 bits per heavy atom. The molecule has 0 unspecified atom stereocenters. The molecule has 1 nitrogen and oxygen atoms in total. The van der Waals surface area contributed by atoms with Crippen molar-refractivity contribution in [3.05, 3.63) is 98.1 Å². The molecule has 132 valence electrons. The first-order valence-electron chi connectivity index (χ1n) is 9.39. The number of ether oxygens (including phenoxy) is 1. The van der Waals surface area contributed by atoms with Gasteiger partial charge in [0.1, 0.15) is 0 Å². The van der Waals surface area contributed by atoms with Crippen LogP contribution in [0.4, 0.5) is 0 Å². The molecule has 4 heteroatoms. The first kappa shape index (κ1) is 16.5. The number of hydrogen-bond donors (Lipinski definition) is 0. The van der Waals surface area contributed by atoms with Gasteiger partial charge in [-0.3, -0.25) is 0 Å². The first-order valence-corrected chi connectivity index (χ1v) is 13.5. The maximum atomic E-state index is 6.12. The molecule has 0 N–H and O–H groups in total. The van der Waals surface area contributed by atoms with Crippen LogP contribution in [0.3, 0.4) is 0 Å². The second kappa shape index (κ2) is 5.84. The number of hydrogen-bond acceptors (Lipinski definition) is 2. The first-order chi connectivity index (χ1) is 13.8. The Balaban J connectivity index is 1.34. The van der Waals surface area contributed by atoms with Crippen LogP contribution in [0.15, 0.2) is 75.8 Å². The average Bonchev–Trinajstić information content (AvgIpc) is 3.25. The van der Waals surface area contributed by atoms with E-state index in [1.165, 1.54) is 43.2 Å². The van der Waals surface area contributed by atoms with Crippen LogP contribution in [0.25, 0.3) is 16.0 Å². The van der Waals surface area contributed by atoms with Crippen LogP contribution in [0.1, 0.15) is 28.4 Å². The number of benzene rings is 3. The summed E-state index contributed by atoms with van der Waals surface area (Å²) in [7, 11) is 0. The summed E-state index contributed by atoms with van der Waals surface area (Å²) < 4.78 is 10.3. The fourth-order valence-electron chi connectivity index (χ4n) is 4.84. The molecule has 2 aliphatic carbocycles. The predicted octanol–water partition coefficient (Wildman–Crippen LogP) is 5.40. The van der Waals surface area contributed by atoms with Crippen molar-refractivity contribution in [2.24, 2.45) is 0 Å². The fraction of sp³-hybridized carbons (Fsp3) is 0.0833. The van der Waals surface area contributed by atoms with Crippen LogP contribution >= 0.6 is 27.7 Å². The van der Waals surface area contributed by atoms with Crippen molar-refractivity contribution >= 4 is 39.1 Å². The van der Waals surface area contributed by atoms with E-state index in [-0.39, 0.29) is 6.10 Å². The molecule has 0 amide bonds. The third-order valence-electron chi connectivity index (χ3n) is 6.08. The van der Waals surface area contributed by atoms with Crippen molar-refractivity contribution < 1.29 is 28.0 Å². The average molecular weight is 521 g/mol. The monoisotopic (exact) mass is 518 g/mol. The fourth-order valence-corrected chi connectivity index (χ4v) is 10.3. The summed E-state index contributed by atoms with van der Waals surface area (Å²) in [6.07, 6.45) is 1.21. The second-order valence-electron chi connectivity index (χ2n) is 7.51. The van der Waals surface area contributed by atoms with E-state index < -0.39 is 23.2 Å². The van der Waals surface area contributed by atoms with Gasteiger partial charge < -0.3 is 0 Å². The van der Waals surface area contributed by atoms with E-state index in [4.69, 9.17) is 4.74 Å². The Hall–Kier alpha value is -1.35. The van der Waals surface area contributed by atoms with Gasteiger partial charge >= 0.3 is 189 Å². The second-order valence-corrected chi connectivity index (χ2v) is 12.5. The van der Waals surface area contributed by atoms with Gasteiger partial charge in [-0.25, -0.2) is 0 Å². The maximum absolute atomic E-state index is 6.12. The predicted molar refractivity (Wildman–Crippen MR) is 115 cm³/mol. The van der Waals surface area contributed by atoms with E-state index in [1.54, 1.807) is 12.1 Å². The minimum atomic E-state index is -0.919. The molecule has 2 heterocycles. The van der Waals surface area contributed by atoms with Crippen LogP contribution in [0.5, 0.6) is 0 Å². The van der Waals surface area contributed by atoms with Gasteiger partial charge in [0.25, 0.3) is 0 Å². The molecule has 3 aromatic carbocycles. The van der Waals surface area contributed by atoms with E-state index in [0.29, 0.717) is 0 Å². The molecule has 1 atom stereocenters. The van der Waals surface area contributed by atoms with Crippen molar-refractivity contribution in [2.45, 2.75) is 12.5 Å². The minimum absolute atomic E-state index is 0.126. The zero-order chi connectivity index (χ0) is 18.4. The third-order valence-corrected chi connectivity index (χ3v) is 11.7. The van der Waals surface area contributed by atoms with Gasteiger partial charge in [0.15, 0.2) is 0 Å². The van der Waals surface area contributed by atoms with Gasteiger partial charge in [0, 0.05) is 0 Å². The van der Waals surface area contributed by atoms with Gasteiger partial charge in [0.2, 0.25) is 0 Å². The quantitative estimate of drug-likeness (QED) is 0.350. The third kappa shape index (κ3) is 2.07. The van der Waals surface area contributed by atoms with Gasteiger partial charge in [-0.15, -0.1) is 0 Å². The molecule has 2 aliphatic heterocycles. The Bertz CT molecular complexity index is 1290. The summed E-state index contributed by atoms with van der Waals surface area (Å²) in [5.41, 5.74) is 10.2. The summed E-state index contributed by atoms with van der Waals surface area (Å²) in [4.78, 5) is 2.78. The van der Waals surface area contributed by atoms with E-state index in [2.05, 4.69) is 76.6 Å². The van der Waals surface area contributed by atoms with E-state index in [1.807, 2.05) is 11.8 Å².